The van der Waals surface area contributed by atoms with E-state index >= 15 is 0 Å². The normalized spacial score (nSPS) is 24.7. The molecule has 0 unspecified atom stereocenters. The number of urea groups is 1. The van der Waals surface area contributed by atoms with Crippen LogP contribution in [0.15, 0.2) is 18.5 Å². The molecule has 1 aromatic heterocycles. The number of fused-ring (bicyclic) bond motifs is 1. The number of hydrogen-bond donors (Lipinski definition) is 0. The zero-order chi connectivity index (χ0) is 18.6. The zero-order valence-electron chi connectivity index (χ0n) is 16.2. The van der Waals surface area contributed by atoms with Crippen LogP contribution in [0, 0.1) is 11.3 Å². The number of aromatic nitrogens is 1. The quantitative estimate of drug-likeness (QED) is 0.725. The molecule has 0 aromatic carbocycles. The van der Waals surface area contributed by atoms with Gasteiger partial charge in [0, 0.05) is 12.7 Å². The van der Waals surface area contributed by atoms with E-state index in [1.807, 2.05) is 6.07 Å². The molecule has 0 aliphatic carbocycles. The molecule has 3 amide bonds. The van der Waals surface area contributed by atoms with Gasteiger partial charge in [-0.15, -0.1) is 0 Å². The largest absolute Gasteiger partial charge is 0.332 e. The molecule has 2 aliphatic heterocycles. The van der Waals surface area contributed by atoms with E-state index in [2.05, 4.69) is 46.5 Å². The Labute approximate surface area is 150 Å². The predicted molar refractivity (Wildman–Crippen MR) is 98.5 cm³/mol. The number of hydrogen-bond acceptors (Lipinski definition) is 3. The third-order valence-electron chi connectivity index (χ3n) is 5.60. The maximum absolute atomic E-state index is 13.0. The summed E-state index contributed by atoms with van der Waals surface area (Å²) in [5.74, 6) is 0.310. The highest BCUT2D eigenvalue weighted by Gasteiger charge is 2.50. The lowest BCUT2D eigenvalue weighted by Gasteiger charge is -2.39. The Morgan fingerprint density at radius 3 is 2.32 bits per heavy atom. The number of anilines is 1. The number of nitrogens with zero attached hydrogens (tertiary/aromatic N) is 3. The van der Waals surface area contributed by atoms with Crippen LogP contribution < -0.4 is 4.90 Å². The first-order valence-corrected chi connectivity index (χ1v) is 9.10. The van der Waals surface area contributed by atoms with Crippen molar-refractivity contribution >= 4 is 17.6 Å². The molecule has 3 rings (SSSR count). The number of pyridine rings is 1. The molecular formula is C20H29N3O2. The average molecular weight is 343 g/mol. The van der Waals surface area contributed by atoms with Gasteiger partial charge in [-0.3, -0.25) is 9.78 Å². The van der Waals surface area contributed by atoms with Gasteiger partial charge in [-0.25, -0.2) is 9.69 Å². The van der Waals surface area contributed by atoms with Crippen molar-refractivity contribution in [3.05, 3.63) is 24.0 Å². The van der Waals surface area contributed by atoms with Crippen LogP contribution in [-0.4, -0.2) is 34.4 Å². The SMILES string of the molecule is CC(C)(C)c1cncc(N2C(=O)[C@H]3CC[C@@H](C(C)(C)C)CN3C2=O)c1. The molecular weight excluding hydrogens is 314 g/mol. The minimum Gasteiger partial charge on any atom is -0.312 e. The van der Waals surface area contributed by atoms with Crippen molar-refractivity contribution in [2.75, 3.05) is 11.4 Å². The zero-order valence-corrected chi connectivity index (χ0v) is 16.2. The molecule has 0 radical (unpaired) electrons. The first-order chi connectivity index (χ1) is 11.5. The Morgan fingerprint density at radius 2 is 1.72 bits per heavy atom. The average Bonchev–Trinajstić information content (AvgIpc) is 2.77. The molecule has 0 saturated carbocycles. The molecule has 2 saturated heterocycles. The van der Waals surface area contributed by atoms with Crippen molar-refractivity contribution < 1.29 is 9.59 Å². The van der Waals surface area contributed by atoms with Gasteiger partial charge in [0.1, 0.15) is 6.04 Å². The Bertz CT molecular complexity index is 700. The summed E-state index contributed by atoms with van der Waals surface area (Å²) in [5, 5.41) is 0. The molecule has 2 fully saturated rings. The highest BCUT2D eigenvalue weighted by Crippen LogP contribution is 2.39. The van der Waals surface area contributed by atoms with Gasteiger partial charge in [-0.05, 0) is 41.2 Å². The molecule has 2 atom stereocenters. The van der Waals surface area contributed by atoms with E-state index in [0.29, 0.717) is 18.2 Å². The smallest absolute Gasteiger partial charge is 0.312 e. The molecule has 2 aliphatic rings. The first kappa shape index (κ1) is 17.9. The van der Waals surface area contributed by atoms with Crippen LogP contribution in [0.1, 0.15) is 59.9 Å². The summed E-state index contributed by atoms with van der Waals surface area (Å²) in [6.45, 7) is 13.6. The summed E-state index contributed by atoms with van der Waals surface area (Å²) in [6, 6.07) is 1.41. The van der Waals surface area contributed by atoms with Crippen LogP contribution in [0.4, 0.5) is 10.5 Å². The van der Waals surface area contributed by atoms with Crippen molar-refractivity contribution in [1.82, 2.24) is 9.88 Å². The van der Waals surface area contributed by atoms with E-state index in [0.717, 1.165) is 18.4 Å². The van der Waals surface area contributed by atoms with Gasteiger partial charge < -0.3 is 4.90 Å². The number of piperidine rings is 1. The van der Waals surface area contributed by atoms with E-state index in [-0.39, 0.29) is 28.8 Å². The predicted octanol–water partition coefficient (Wildman–Crippen LogP) is 3.97. The van der Waals surface area contributed by atoms with E-state index in [1.165, 1.54) is 4.90 Å². The fourth-order valence-corrected chi connectivity index (χ4v) is 3.72. The van der Waals surface area contributed by atoms with Crippen molar-refractivity contribution in [2.24, 2.45) is 11.3 Å². The molecule has 3 heterocycles. The lowest BCUT2D eigenvalue weighted by Crippen LogP contribution is -2.46. The maximum Gasteiger partial charge on any atom is 0.332 e. The van der Waals surface area contributed by atoms with Gasteiger partial charge in [-0.1, -0.05) is 41.5 Å². The summed E-state index contributed by atoms with van der Waals surface area (Å²) in [6.07, 6.45) is 5.15. The summed E-state index contributed by atoms with van der Waals surface area (Å²) in [7, 11) is 0. The van der Waals surface area contributed by atoms with Crippen molar-refractivity contribution in [1.29, 1.82) is 0 Å². The fraction of sp³-hybridized carbons (Fsp3) is 0.650. The van der Waals surface area contributed by atoms with Gasteiger partial charge in [0.25, 0.3) is 5.91 Å². The second kappa shape index (κ2) is 5.82. The number of carbonyl (C=O) groups excluding carboxylic acids is 2. The van der Waals surface area contributed by atoms with Crippen LogP contribution in [0.25, 0.3) is 0 Å². The summed E-state index contributed by atoms with van der Waals surface area (Å²) in [4.78, 5) is 33.3. The number of carbonyl (C=O) groups is 2. The van der Waals surface area contributed by atoms with Crippen LogP contribution in [0.5, 0.6) is 0 Å². The second-order valence-electron chi connectivity index (χ2n) is 9.45. The highest BCUT2D eigenvalue weighted by molar-refractivity contribution is 6.21. The van der Waals surface area contributed by atoms with E-state index in [4.69, 9.17) is 0 Å². The number of imide groups is 1. The Balaban J connectivity index is 1.90. The van der Waals surface area contributed by atoms with Gasteiger partial charge >= 0.3 is 6.03 Å². The third-order valence-corrected chi connectivity index (χ3v) is 5.60. The van der Waals surface area contributed by atoms with Gasteiger partial charge in [0.05, 0.1) is 11.9 Å². The summed E-state index contributed by atoms with van der Waals surface area (Å²) >= 11 is 0. The molecule has 1 aromatic rings. The Kier molecular flexibility index (Phi) is 4.17. The molecule has 5 nitrogen and oxygen atoms in total. The number of amides is 3. The Hall–Kier alpha value is -1.91. The molecule has 0 bridgehead atoms. The molecule has 0 N–H and O–H groups in total. The van der Waals surface area contributed by atoms with Crippen LogP contribution in [0.3, 0.4) is 0 Å². The highest BCUT2D eigenvalue weighted by atomic mass is 16.2. The monoisotopic (exact) mass is 343 g/mol. The topological polar surface area (TPSA) is 53.5 Å². The maximum atomic E-state index is 13.0. The van der Waals surface area contributed by atoms with Crippen molar-refractivity contribution in [3.8, 4) is 0 Å². The third kappa shape index (κ3) is 3.16. The molecule has 0 spiro atoms. The van der Waals surface area contributed by atoms with Crippen LogP contribution in [0.2, 0.25) is 0 Å². The van der Waals surface area contributed by atoms with Gasteiger partial charge in [0.2, 0.25) is 0 Å². The first-order valence-electron chi connectivity index (χ1n) is 9.10. The minimum atomic E-state index is -0.315. The van der Waals surface area contributed by atoms with E-state index in [1.54, 1.807) is 17.3 Å². The van der Waals surface area contributed by atoms with Gasteiger partial charge in [-0.2, -0.15) is 0 Å². The lowest BCUT2D eigenvalue weighted by atomic mass is 9.75. The summed E-state index contributed by atoms with van der Waals surface area (Å²) in [5.41, 5.74) is 1.65. The van der Waals surface area contributed by atoms with Gasteiger partial charge in [0.15, 0.2) is 0 Å². The van der Waals surface area contributed by atoms with E-state index in [9.17, 15) is 9.59 Å². The fourth-order valence-electron chi connectivity index (χ4n) is 3.72. The van der Waals surface area contributed by atoms with Crippen molar-refractivity contribution in [2.45, 2.75) is 65.8 Å². The minimum absolute atomic E-state index is 0.0841. The van der Waals surface area contributed by atoms with E-state index < -0.39 is 0 Å². The molecule has 25 heavy (non-hydrogen) atoms. The van der Waals surface area contributed by atoms with Crippen LogP contribution >= 0.6 is 0 Å². The molecule has 5 heteroatoms. The standard InChI is InChI=1S/C20H29N3O2/c1-19(2,3)13-7-8-16-17(24)23(18(25)22(16)12-13)15-9-14(10-21-11-15)20(4,5)6/h9-11,13,16H,7-8,12H2,1-6H3/t13-,16-/m1/s1. The Morgan fingerprint density at radius 1 is 1.04 bits per heavy atom. The van der Waals surface area contributed by atoms with Crippen LogP contribution in [-0.2, 0) is 10.2 Å². The second-order valence-corrected chi connectivity index (χ2v) is 9.45. The lowest BCUT2D eigenvalue weighted by molar-refractivity contribution is -0.121. The molecule has 136 valence electrons. The van der Waals surface area contributed by atoms with Crippen molar-refractivity contribution in [3.63, 3.8) is 0 Å². The summed E-state index contributed by atoms with van der Waals surface area (Å²) < 4.78 is 0. The number of rotatable bonds is 1.